The van der Waals surface area contributed by atoms with Crippen LogP contribution in [0.25, 0.3) is 0 Å². The van der Waals surface area contributed by atoms with Crippen LogP contribution in [0.4, 0.5) is 0 Å². The van der Waals surface area contributed by atoms with Crippen molar-refractivity contribution < 1.29 is 5.11 Å². The van der Waals surface area contributed by atoms with E-state index in [1.807, 2.05) is 0 Å². The van der Waals surface area contributed by atoms with E-state index in [1.54, 1.807) is 0 Å². The third kappa shape index (κ3) is 10.9. The molecule has 1 aliphatic rings. The molecule has 0 aromatic heterocycles. The van der Waals surface area contributed by atoms with Gasteiger partial charge in [-0.3, -0.25) is 0 Å². The quantitative estimate of drug-likeness (QED) is 0.242. The number of hydrogen-bond acceptors (Lipinski definition) is 1. The first-order valence-electron chi connectivity index (χ1n) is 12.8. The summed E-state index contributed by atoms with van der Waals surface area (Å²) < 4.78 is 0. The summed E-state index contributed by atoms with van der Waals surface area (Å²) in [5.74, 6) is 1.35. The van der Waals surface area contributed by atoms with E-state index in [0.717, 1.165) is 25.2 Å². The van der Waals surface area contributed by atoms with Crippen LogP contribution in [0.5, 0.6) is 0 Å². The average Bonchev–Trinajstić information content (AvgIpc) is 2.68. The average molecular weight is 429 g/mol. The van der Waals surface area contributed by atoms with Gasteiger partial charge in [0, 0.05) is 0 Å². The van der Waals surface area contributed by atoms with Gasteiger partial charge in [0.1, 0.15) is 0 Å². The molecule has 1 aliphatic carbocycles. The van der Waals surface area contributed by atoms with Crippen LogP contribution in [0.2, 0.25) is 0 Å². The van der Waals surface area contributed by atoms with Gasteiger partial charge in [-0.15, -0.1) is 0 Å². The van der Waals surface area contributed by atoms with Crippen LogP contribution in [-0.2, 0) is 0 Å². The molecule has 178 valence electrons. The molecule has 1 heteroatoms. The zero-order chi connectivity index (χ0) is 23.4. The van der Waals surface area contributed by atoms with Crippen molar-refractivity contribution in [3.05, 3.63) is 46.6 Å². The van der Waals surface area contributed by atoms with Gasteiger partial charge in [0.2, 0.25) is 0 Å². The van der Waals surface area contributed by atoms with E-state index >= 15 is 0 Å². The molecule has 0 aromatic carbocycles. The molecular formula is C30H52O. The van der Waals surface area contributed by atoms with E-state index < -0.39 is 0 Å². The highest BCUT2D eigenvalue weighted by molar-refractivity contribution is 5.07. The Kier molecular flexibility index (Phi) is 12.8. The molecule has 1 N–H and O–H groups in total. The summed E-state index contributed by atoms with van der Waals surface area (Å²) in [7, 11) is 0. The predicted octanol–water partition coefficient (Wildman–Crippen LogP) is 9.35. The van der Waals surface area contributed by atoms with Gasteiger partial charge in [0.15, 0.2) is 0 Å². The SMILES string of the molecule is CC(C)=CCC/C(C)=C/CC/C(C)=C/CC/C=C(\C)CCC1C(C)CCC(O)C1(C)C. The Morgan fingerprint density at radius 1 is 0.742 bits per heavy atom. The summed E-state index contributed by atoms with van der Waals surface area (Å²) in [4.78, 5) is 0. The summed E-state index contributed by atoms with van der Waals surface area (Å²) in [5.41, 5.74) is 6.03. The maximum Gasteiger partial charge on any atom is 0.0594 e. The number of rotatable bonds is 12. The number of aliphatic hydroxyl groups excluding tert-OH is 1. The number of allylic oxidation sites excluding steroid dienone is 8. The van der Waals surface area contributed by atoms with Crippen LogP contribution in [0.1, 0.15) is 120 Å². The lowest BCUT2D eigenvalue weighted by Crippen LogP contribution is -2.44. The van der Waals surface area contributed by atoms with Crippen molar-refractivity contribution >= 4 is 0 Å². The fourth-order valence-corrected chi connectivity index (χ4v) is 5.11. The second-order valence-electron chi connectivity index (χ2n) is 11.1. The molecule has 0 aromatic rings. The number of hydrogen-bond donors (Lipinski definition) is 1. The van der Waals surface area contributed by atoms with Gasteiger partial charge in [0.25, 0.3) is 0 Å². The Morgan fingerprint density at radius 2 is 1.23 bits per heavy atom. The molecule has 1 fully saturated rings. The minimum Gasteiger partial charge on any atom is -0.393 e. The lowest BCUT2D eigenvalue weighted by atomic mass is 9.61. The maximum atomic E-state index is 10.4. The normalized spacial score (nSPS) is 24.9. The third-order valence-corrected chi connectivity index (χ3v) is 7.52. The molecule has 3 unspecified atom stereocenters. The van der Waals surface area contributed by atoms with Crippen molar-refractivity contribution in [2.45, 2.75) is 126 Å². The number of unbranched alkanes of at least 4 members (excludes halogenated alkanes) is 1. The first kappa shape index (κ1) is 28.0. The Labute approximate surface area is 194 Å². The Hall–Kier alpha value is -1.08. The Balaban J connectivity index is 2.33. The van der Waals surface area contributed by atoms with Crippen LogP contribution in [0, 0.1) is 17.3 Å². The molecule has 0 bridgehead atoms. The van der Waals surface area contributed by atoms with Gasteiger partial charge >= 0.3 is 0 Å². The lowest BCUT2D eigenvalue weighted by molar-refractivity contribution is -0.0561. The fraction of sp³-hybridized carbons (Fsp3) is 0.733. The van der Waals surface area contributed by atoms with Gasteiger partial charge in [-0.25, -0.2) is 0 Å². The molecule has 1 nitrogen and oxygen atoms in total. The van der Waals surface area contributed by atoms with Gasteiger partial charge in [0.05, 0.1) is 6.10 Å². The van der Waals surface area contributed by atoms with Crippen LogP contribution < -0.4 is 0 Å². The van der Waals surface area contributed by atoms with Crippen LogP contribution in [-0.4, -0.2) is 11.2 Å². The van der Waals surface area contributed by atoms with Gasteiger partial charge in [-0.1, -0.05) is 67.4 Å². The highest BCUT2D eigenvalue weighted by atomic mass is 16.3. The van der Waals surface area contributed by atoms with E-state index in [0.29, 0.717) is 5.92 Å². The van der Waals surface area contributed by atoms with Crippen molar-refractivity contribution in [1.29, 1.82) is 0 Å². The predicted molar refractivity (Wildman–Crippen MR) is 139 cm³/mol. The molecule has 0 amide bonds. The Morgan fingerprint density at radius 3 is 1.77 bits per heavy atom. The second kappa shape index (κ2) is 14.1. The van der Waals surface area contributed by atoms with Crippen LogP contribution >= 0.6 is 0 Å². The molecule has 1 rings (SSSR count). The minimum atomic E-state index is -0.137. The largest absolute Gasteiger partial charge is 0.393 e. The van der Waals surface area contributed by atoms with Crippen molar-refractivity contribution in [2.24, 2.45) is 17.3 Å². The van der Waals surface area contributed by atoms with Crippen molar-refractivity contribution in [3.8, 4) is 0 Å². The third-order valence-electron chi connectivity index (χ3n) is 7.52. The van der Waals surface area contributed by atoms with E-state index in [9.17, 15) is 5.11 Å². The molecule has 0 spiro atoms. The maximum absolute atomic E-state index is 10.4. The molecule has 0 saturated heterocycles. The molecule has 0 heterocycles. The van der Waals surface area contributed by atoms with Crippen molar-refractivity contribution in [2.75, 3.05) is 0 Å². The van der Waals surface area contributed by atoms with E-state index in [-0.39, 0.29) is 11.5 Å². The molecular weight excluding hydrogens is 376 g/mol. The number of aliphatic hydroxyl groups is 1. The van der Waals surface area contributed by atoms with E-state index in [2.05, 4.69) is 79.7 Å². The zero-order valence-corrected chi connectivity index (χ0v) is 22.1. The van der Waals surface area contributed by atoms with E-state index in [4.69, 9.17) is 0 Å². The summed E-state index contributed by atoms with van der Waals surface area (Å²) in [6, 6.07) is 0. The molecule has 31 heavy (non-hydrogen) atoms. The summed E-state index contributed by atoms with van der Waals surface area (Å²) in [5, 5.41) is 10.4. The first-order chi connectivity index (χ1) is 14.5. The van der Waals surface area contributed by atoms with Crippen LogP contribution in [0.15, 0.2) is 46.6 Å². The Bertz CT molecular complexity index is 639. The van der Waals surface area contributed by atoms with Gasteiger partial charge in [-0.2, -0.15) is 0 Å². The monoisotopic (exact) mass is 428 g/mol. The molecule has 0 aliphatic heterocycles. The zero-order valence-electron chi connectivity index (χ0n) is 22.1. The molecule has 3 atom stereocenters. The van der Waals surface area contributed by atoms with Crippen LogP contribution in [0.3, 0.4) is 0 Å². The fourth-order valence-electron chi connectivity index (χ4n) is 5.11. The van der Waals surface area contributed by atoms with Gasteiger partial charge < -0.3 is 5.11 Å². The summed E-state index contributed by atoms with van der Waals surface area (Å²) in [6.45, 7) is 18.1. The summed E-state index contributed by atoms with van der Waals surface area (Å²) >= 11 is 0. The topological polar surface area (TPSA) is 20.2 Å². The standard InChI is InChI=1S/C30H52O/c1-23(2)13-11-16-25(4)18-12-17-24(3)14-9-10-15-26(5)19-21-28-27(6)20-22-29(31)30(28,7)8/h13-15,18,27-29,31H,9-12,16-17,19-22H2,1-8H3/b24-14+,25-18+,26-15+. The first-order valence-corrected chi connectivity index (χ1v) is 12.8. The van der Waals surface area contributed by atoms with E-state index in [1.165, 1.54) is 67.2 Å². The summed E-state index contributed by atoms with van der Waals surface area (Å²) in [6.07, 6.45) is 21.0. The molecule has 0 radical (unpaired) electrons. The molecule has 1 saturated carbocycles. The van der Waals surface area contributed by atoms with Crippen molar-refractivity contribution in [1.82, 2.24) is 0 Å². The second-order valence-corrected chi connectivity index (χ2v) is 11.1. The lowest BCUT2D eigenvalue weighted by Gasteiger charge is -2.46. The smallest absolute Gasteiger partial charge is 0.0594 e. The minimum absolute atomic E-state index is 0.0518. The highest BCUT2D eigenvalue weighted by Gasteiger charge is 2.42. The van der Waals surface area contributed by atoms with Crippen molar-refractivity contribution in [3.63, 3.8) is 0 Å². The highest BCUT2D eigenvalue weighted by Crippen LogP contribution is 2.46. The van der Waals surface area contributed by atoms with Gasteiger partial charge in [-0.05, 0) is 116 Å².